The normalized spacial score (nSPS) is 9.25. The second kappa shape index (κ2) is 6.40. The molecule has 0 bridgehead atoms. The van der Waals surface area contributed by atoms with Gasteiger partial charge in [-0.2, -0.15) is 0 Å². The van der Waals surface area contributed by atoms with Gasteiger partial charge >= 0.3 is 0 Å². The highest BCUT2D eigenvalue weighted by Gasteiger charge is 1.97. The molecule has 66 valence electrons. The highest BCUT2D eigenvalue weighted by atomic mass is 16.3. The number of hydrogen-bond donors (Lipinski definition) is 0. The van der Waals surface area contributed by atoms with Gasteiger partial charge in [0.05, 0.1) is 0 Å². The Kier molecular flexibility index (Phi) is 5.70. The Labute approximate surface area is 73.6 Å². The standard InChI is InChI=1S/C8H9NO.C2H6/c1-3-5-8-7(4-2)9-6-10-8;1-2/h3-6H,2H2,1H3;1-2H3/b5-3-;. The Morgan fingerprint density at radius 3 is 2.67 bits per heavy atom. The van der Waals surface area contributed by atoms with E-state index in [4.69, 9.17) is 4.42 Å². The summed E-state index contributed by atoms with van der Waals surface area (Å²) < 4.78 is 5.03. The van der Waals surface area contributed by atoms with Crippen LogP contribution in [0.25, 0.3) is 12.2 Å². The molecule has 0 aromatic carbocycles. The molecule has 0 saturated carbocycles. The highest BCUT2D eigenvalue weighted by Crippen LogP contribution is 2.09. The summed E-state index contributed by atoms with van der Waals surface area (Å²) in [6, 6.07) is 0. The van der Waals surface area contributed by atoms with E-state index in [0.29, 0.717) is 0 Å². The molecular weight excluding hydrogens is 150 g/mol. The van der Waals surface area contributed by atoms with E-state index in [1.54, 1.807) is 6.08 Å². The van der Waals surface area contributed by atoms with Gasteiger partial charge in [-0.25, -0.2) is 4.98 Å². The summed E-state index contributed by atoms with van der Waals surface area (Å²) in [4.78, 5) is 3.92. The average molecular weight is 165 g/mol. The predicted octanol–water partition coefficient (Wildman–Crippen LogP) is 3.38. The van der Waals surface area contributed by atoms with Gasteiger partial charge in [-0.3, -0.25) is 0 Å². The van der Waals surface area contributed by atoms with Crippen LogP contribution in [0.5, 0.6) is 0 Å². The Morgan fingerprint density at radius 2 is 2.17 bits per heavy atom. The van der Waals surface area contributed by atoms with Crippen molar-refractivity contribution in [3.8, 4) is 0 Å². The largest absolute Gasteiger partial charge is 0.443 e. The van der Waals surface area contributed by atoms with Gasteiger partial charge in [-0.1, -0.05) is 26.5 Å². The van der Waals surface area contributed by atoms with Gasteiger partial charge in [0.15, 0.2) is 12.2 Å². The third-order valence-electron chi connectivity index (χ3n) is 1.14. The summed E-state index contributed by atoms with van der Waals surface area (Å²) in [6.45, 7) is 9.52. The first-order valence-corrected chi connectivity index (χ1v) is 4.07. The van der Waals surface area contributed by atoms with Gasteiger partial charge < -0.3 is 4.42 Å². The smallest absolute Gasteiger partial charge is 0.181 e. The zero-order valence-corrected chi connectivity index (χ0v) is 7.87. The minimum atomic E-state index is 0.762. The molecule has 1 aromatic heterocycles. The SMILES string of the molecule is C=Cc1ncoc1/C=C\C.CC. The summed E-state index contributed by atoms with van der Waals surface area (Å²) in [6.07, 6.45) is 6.82. The summed E-state index contributed by atoms with van der Waals surface area (Å²) in [5.74, 6) is 0.762. The lowest BCUT2D eigenvalue weighted by Crippen LogP contribution is -1.71. The minimum Gasteiger partial charge on any atom is -0.443 e. The second-order valence-electron chi connectivity index (χ2n) is 1.81. The molecule has 0 fully saturated rings. The van der Waals surface area contributed by atoms with Crippen molar-refractivity contribution in [1.29, 1.82) is 0 Å². The van der Waals surface area contributed by atoms with E-state index in [1.807, 2.05) is 32.9 Å². The third kappa shape index (κ3) is 2.74. The first kappa shape index (κ1) is 10.7. The van der Waals surface area contributed by atoms with Crippen molar-refractivity contribution >= 4 is 12.2 Å². The van der Waals surface area contributed by atoms with Crippen molar-refractivity contribution in [1.82, 2.24) is 4.98 Å². The van der Waals surface area contributed by atoms with Crippen LogP contribution >= 0.6 is 0 Å². The maximum Gasteiger partial charge on any atom is 0.181 e. The molecule has 0 N–H and O–H groups in total. The molecular formula is C10H15NO. The van der Waals surface area contributed by atoms with E-state index >= 15 is 0 Å². The summed E-state index contributed by atoms with van der Waals surface area (Å²) in [7, 11) is 0. The van der Waals surface area contributed by atoms with Gasteiger partial charge in [-0.15, -0.1) is 0 Å². The van der Waals surface area contributed by atoms with Crippen LogP contribution < -0.4 is 0 Å². The summed E-state index contributed by atoms with van der Waals surface area (Å²) in [5.41, 5.74) is 0.790. The maximum absolute atomic E-state index is 5.03. The van der Waals surface area contributed by atoms with Crippen LogP contribution in [-0.4, -0.2) is 4.98 Å². The van der Waals surface area contributed by atoms with E-state index in [1.165, 1.54) is 6.39 Å². The van der Waals surface area contributed by atoms with Crippen molar-refractivity contribution in [3.63, 3.8) is 0 Å². The molecule has 0 saturated heterocycles. The van der Waals surface area contributed by atoms with Crippen LogP contribution in [0.1, 0.15) is 32.2 Å². The second-order valence-corrected chi connectivity index (χ2v) is 1.81. The number of aromatic nitrogens is 1. The van der Waals surface area contributed by atoms with Crippen molar-refractivity contribution in [2.45, 2.75) is 20.8 Å². The lowest BCUT2D eigenvalue weighted by Gasteiger charge is -1.83. The highest BCUT2D eigenvalue weighted by molar-refractivity contribution is 5.56. The minimum absolute atomic E-state index is 0.762. The lowest BCUT2D eigenvalue weighted by atomic mass is 10.3. The van der Waals surface area contributed by atoms with Crippen molar-refractivity contribution in [2.24, 2.45) is 0 Å². The van der Waals surface area contributed by atoms with Gasteiger partial charge in [-0.05, 0) is 19.1 Å². The van der Waals surface area contributed by atoms with Crippen LogP contribution in [-0.2, 0) is 0 Å². The number of rotatable bonds is 2. The molecule has 0 amide bonds. The van der Waals surface area contributed by atoms with Gasteiger partial charge in [0.1, 0.15) is 5.69 Å². The topological polar surface area (TPSA) is 26.0 Å². The zero-order valence-electron chi connectivity index (χ0n) is 7.87. The molecule has 1 aromatic rings. The van der Waals surface area contributed by atoms with E-state index < -0.39 is 0 Å². The average Bonchev–Trinajstić information content (AvgIpc) is 2.56. The number of oxazole rings is 1. The predicted molar refractivity (Wildman–Crippen MR) is 52.7 cm³/mol. The fourth-order valence-electron chi connectivity index (χ4n) is 0.693. The quantitative estimate of drug-likeness (QED) is 0.671. The third-order valence-corrected chi connectivity index (χ3v) is 1.14. The molecule has 0 aliphatic carbocycles. The van der Waals surface area contributed by atoms with E-state index in [-0.39, 0.29) is 0 Å². The van der Waals surface area contributed by atoms with Gasteiger partial charge in [0.2, 0.25) is 0 Å². The molecule has 12 heavy (non-hydrogen) atoms. The Morgan fingerprint density at radius 1 is 1.50 bits per heavy atom. The monoisotopic (exact) mass is 165 g/mol. The fraction of sp³-hybridized carbons (Fsp3) is 0.300. The summed E-state index contributed by atoms with van der Waals surface area (Å²) in [5, 5.41) is 0. The molecule has 2 nitrogen and oxygen atoms in total. The molecule has 1 rings (SSSR count). The molecule has 0 aliphatic rings. The molecule has 2 heteroatoms. The van der Waals surface area contributed by atoms with E-state index in [2.05, 4.69) is 11.6 Å². The van der Waals surface area contributed by atoms with Crippen molar-refractivity contribution < 1.29 is 4.42 Å². The van der Waals surface area contributed by atoms with Crippen molar-refractivity contribution in [3.05, 3.63) is 30.5 Å². The van der Waals surface area contributed by atoms with Crippen LogP contribution in [0, 0.1) is 0 Å². The number of hydrogen-bond acceptors (Lipinski definition) is 2. The number of nitrogens with zero attached hydrogens (tertiary/aromatic N) is 1. The Bertz CT molecular complexity index is 248. The van der Waals surface area contributed by atoms with Crippen LogP contribution in [0.2, 0.25) is 0 Å². The Hall–Kier alpha value is -1.31. The molecule has 0 atom stereocenters. The number of allylic oxidation sites excluding steroid dienone is 1. The Balaban J connectivity index is 0.000000561. The van der Waals surface area contributed by atoms with E-state index in [9.17, 15) is 0 Å². The van der Waals surface area contributed by atoms with Crippen LogP contribution in [0.3, 0.4) is 0 Å². The maximum atomic E-state index is 5.03. The van der Waals surface area contributed by atoms with E-state index in [0.717, 1.165) is 11.5 Å². The van der Waals surface area contributed by atoms with Gasteiger partial charge in [0, 0.05) is 0 Å². The molecule has 0 unspecified atom stereocenters. The van der Waals surface area contributed by atoms with Crippen molar-refractivity contribution in [2.75, 3.05) is 0 Å². The molecule has 0 radical (unpaired) electrons. The zero-order chi connectivity index (χ0) is 9.40. The van der Waals surface area contributed by atoms with Gasteiger partial charge in [0.25, 0.3) is 0 Å². The molecule has 0 spiro atoms. The lowest BCUT2D eigenvalue weighted by molar-refractivity contribution is 0.548. The van der Waals surface area contributed by atoms with Crippen LogP contribution in [0.4, 0.5) is 0 Å². The fourth-order valence-corrected chi connectivity index (χ4v) is 0.693. The molecule has 1 heterocycles. The summed E-state index contributed by atoms with van der Waals surface area (Å²) >= 11 is 0. The first-order valence-electron chi connectivity index (χ1n) is 4.07. The molecule has 0 aliphatic heterocycles. The first-order chi connectivity index (χ1) is 5.88. The van der Waals surface area contributed by atoms with Crippen LogP contribution in [0.15, 0.2) is 23.5 Å².